The number of nitrogens with zero attached hydrogens (tertiary/aromatic N) is 2. The van der Waals surface area contributed by atoms with Gasteiger partial charge in [-0.05, 0) is 61.7 Å². The van der Waals surface area contributed by atoms with E-state index in [0.29, 0.717) is 6.54 Å². The molecule has 0 atom stereocenters. The third-order valence-electron chi connectivity index (χ3n) is 4.72. The number of hydrogen-bond donors (Lipinski definition) is 1. The molecule has 2 aromatic carbocycles. The van der Waals surface area contributed by atoms with Crippen molar-refractivity contribution in [3.8, 4) is 0 Å². The largest absolute Gasteiger partial charge is 0.380 e. The van der Waals surface area contributed by atoms with E-state index in [1.165, 1.54) is 12.1 Å². The van der Waals surface area contributed by atoms with Crippen molar-refractivity contribution in [2.45, 2.75) is 27.3 Å². The average molecular weight is 349 g/mol. The number of aliphatic imine (C=N–C) groups is 1. The van der Waals surface area contributed by atoms with Gasteiger partial charge in [-0.2, -0.15) is 0 Å². The van der Waals surface area contributed by atoms with Gasteiger partial charge < -0.3 is 10.2 Å². The van der Waals surface area contributed by atoms with E-state index in [9.17, 15) is 4.39 Å². The molecule has 134 valence electrons. The topological polar surface area (TPSA) is 27.6 Å². The van der Waals surface area contributed by atoms with Crippen molar-refractivity contribution in [2.75, 3.05) is 12.4 Å². The molecular weight excluding hydrogens is 325 g/mol. The molecule has 0 saturated heterocycles. The zero-order chi connectivity index (χ0) is 19.0. The van der Waals surface area contributed by atoms with Crippen LogP contribution in [0.5, 0.6) is 0 Å². The van der Waals surface area contributed by atoms with Gasteiger partial charge in [0.2, 0.25) is 0 Å². The number of anilines is 1. The highest BCUT2D eigenvalue weighted by atomic mass is 19.1. The lowest BCUT2D eigenvalue weighted by molar-refractivity contribution is 0.627. The highest BCUT2D eigenvalue weighted by Crippen LogP contribution is 2.37. The van der Waals surface area contributed by atoms with Gasteiger partial charge in [0, 0.05) is 36.1 Å². The van der Waals surface area contributed by atoms with E-state index in [-0.39, 0.29) is 5.82 Å². The lowest BCUT2D eigenvalue weighted by Gasteiger charge is -2.29. The van der Waals surface area contributed by atoms with Crippen LogP contribution in [0.2, 0.25) is 0 Å². The highest BCUT2D eigenvalue weighted by molar-refractivity contribution is 5.97. The molecule has 3 rings (SSSR count). The van der Waals surface area contributed by atoms with Crippen LogP contribution in [0.15, 0.2) is 48.5 Å². The molecule has 1 N–H and O–H groups in total. The number of aryl methyl sites for hydroxylation is 1. The van der Waals surface area contributed by atoms with E-state index in [0.717, 1.165) is 50.7 Å². The summed E-state index contributed by atoms with van der Waals surface area (Å²) in [5.41, 5.74) is 7.66. The molecule has 3 nitrogen and oxygen atoms in total. The fraction of sp³-hybridized carbons (Fsp3) is 0.227. The Morgan fingerprint density at radius 1 is 1.23 bits per heavy atom. The van der Waals surface area contributed by atoms with Crippen LogP contribution in [0.4, 0.5) is 15.8 Å². The first-order chi connectivity index (χ1) is 12.3. The summed E-state index contributed by atoms with van der Waals surface area (Å²) in [6.07, 6.45) is 0. The first kappa shape index (κ1) is 17.9. The fourth-order valence-corrected chi connectivity index (χ4v) is 3.17. The maximum atomic E-state index is 13.6. The summed E-state index contributed by atoms with van der Waals surface area (Å²) in [6.45, 7) is 14.7. The molecule has 0 bridgehead atoms. The van der Waals surface area contributed by atoms with E-state index < -0.39 is 0 Å². The molecule has 0 radical (unpaired) electrons. The van der Waals surface area contributed by atoms with Crippen LogP contribution in [0, 0.1) is 12.7 Å². The van der Waals surface area contributed by atoms with Crippen molar-refractivity contribution in [2.24, 2.45) is 4.99 Å². The molecule has 2 aromatic rings. The quantitative estimate of drug-likeness (QED) is 0.761. The molecule has 0 aromatic heterocycles. The van der Waals surface area contributed by atoms with Crippen molar-refractivity contribution < 1.29 is 4.39 Å². The molecule has 1 aliphatic heterocycles. The van der Waals surface area contributed by atoms with E-state index in [1.807, 2.05) is 25.8 Å². The number of allylic oxidation sites excluding steroid dienone is 1. The van der Waals surface area contributed by atoms with Gasteiger partial charge in [-0.1, -0.05) is 19.2 Å². The zero-order valence-electron chi connectivity index (χ0n) is 15.8. The van der Waals surface area contributed by atoms with Gasteiger partial charge >= 0.3 is 0 Å². The third kappa shape index (κ3) is 3.27. The monoisotopic (exact) mass is 349 g/mol. The van der Waals surface area contributed by atoms with Gasteiger partial charge in [-0.15, -0.1) is 0 Å². The number of halogens is 1. The predicted molar refractivity (Wildman–Crippen MR) is 109 cm³/mol. The molecule has 1 aliphatic rings. The first-order valence-electron chi connectivity index (χ1n) is 8.59. The van der Waals surface area contributed by atoms with Gasteiger partial charge in [0.25, 0.3) is 0 Å². The van der Waals surface area contributed by atoms with Gasteiger partial charge in [0.05, 0.1) is 5.69 Å². The molecule has 0 fully saturated rings. The Balaban J connectivity index is 1.98. The Hall–Kier alpha value is -2.88. The minimum absolute atomic E-state index is 0.263. The third-order valence-corrected chi connectivity index (χ3v) is 4.72. The molecule has 0 amide bonds. The summed E-state index contributed by atoms with van der Waals surface area (Å²) in [5, 5.41) is 3.42. The van der Waals surface area contributed by atoms with E-state index in [4.69, 9.17) is 4.99 Å². The smallest absolute Gasteiger partial charge is 0.123 e. The number of rotatable bonds is 4. The van der Waals surface area contributed by atoms with Crippen molar-refractivity contribution >= 4 is 28.5 Å². The van der Waals surface area contributed by atoms with E-state index in [2.05, 4.69) is 37.5 Å². The number of benzene rings is 2. The first-order valence-corrected chi connectivity index (χ1v) is 8.59. The summed E-state index contributed by atoms with van der Waals surface area (Å²) < 4.78 is 13.6. The van der Waals surface area contributed by atoms with Gasteiger partial charge in [0.1, 0.15) is 11.7 Å². The second-order valence-electron chi connectivity index (χ2n) is 6.81. The summed E-state index contributed by atoms with van der Waals surface area (Å²) in [7, 11) is 1.97. The summed E-state index contributed by atoms with van der Waals surface area (Å²) in [5.74, 6) is 0.651. The summed E-state index contributed by atoms with van der Waals surface area (Å²) >= 11 is 0. The molecule has 0 aliphatic carbocycles. The molecular formula is C22H24FN3. The lowest BCUT2D eigenvalue weighted by Crippen LogP contribution is -2.25. The second-order valence-corrected chi connectivity index (χ2v) is 6.81. The molecule has 26 heavy (non-hydrogen) atoms. The summed E-state index contributed by atoms with van der Waals surface area (Å²) in [6, 6.07) is 8.97. The Bertz CT molecular complexity index is 941. The van der Waals surface area contributed by atoms with Crippen LogP contribution in [0.25, 0.3) is 11.3 Å². The predicted octanol–water partition coefficient (Wildman–Crippen LogP) is 5.75. The van der Waals surface area contributed by atoms with Crippen molar-refractivity contribution in [3.63, 3.8) is 0 Å². The molecule has 0 unspecified atom stereocenters. The normalized spacial score (nSPS) is 13.3. The van der Waals surface area contributed by atoms with E-state index >= 15 is 0 Å². The standard InChI is InChI=1S/C22H24FN3/c1-13(2)19-11-18(23)7-8-21(19)24-12-17-9-14(3)10-20-15(4)26(6)16(5)25-22(17)20/h7-11,24H,1,4,12H2,2-3,5-6H3. The SMILES string of the molecule is C=C(C)c1cc(F)ccc1NCc1cc(C)cc2c1N=C(C)N(C)C2=C. The van der Waals surface area contributed by atoms with Gasteiger partial charge in [0.15, 0.2) is 0 Å². The maximum Gasteiger partial charge on any atom is 0.123 e. The minimum Gasteiger partial charge on any atom is -0.380 e. The molecule has 1 heterocycles. The van der Waals surface area contributed by atoms with Gasteiger partial charge in [-0.3, -0.25) is 0 Å². The minimum atomic E-state index is -0.263. The molecule has 0 saturated carbocycles. The summed E-state index contributed by atoms with van der Waals surface area (Å²) in [4.78, 5) is 6.76. The average Bonchev–Trinajstić information content (AvgIpc) is 2.59. The van der Waals surface area contributed by atoms with Crippen LogP contribution in [-0.4, -0.2) is 17.8 Å². The van der Waals surface area contributed by atoms with Crippen molar-refractivity contribution in [1.82, 2.24) is 4.90 Å². The van der Waals surface area contributed by atoms with Crippen LogP contribution in [0.3, 0.4) is 0 Å². The fourth-order valence-electron chi connectivity index (χ4n) is 3.17. The van der Waals surface area contributed by atoms with E-state index in [1.54, 1.807) is 6.07 Å². The maximum absolute atomic E-state index is 13.6. The Morgan fingerprint density at radius 2 is 1.96 bits per heavy atom. The number of amidine groups is 1. The lowest BCUT2D eigenvalue weighted by atomic mass is 9.99. The Morgan fingerprint density at radius 3 is 2.65 bits per heavy atom. The molecule has 0 spiro atoms. The highest BCUT2D eigenvalue weighted by Gasteiger charge is 2.21. The zero-order valence-corrected chi connectivity index (χ0v) is 15.8. The Kier molecular flexibility index (Phi) is 4.68. The number of fused-ring (bicyclic) bond motifs is 1. The van der Waals surface area contributed by atoms with Gasteiger partial charge in [-0.25, -0.2) is 9.38 Å². The number of nitrogens with one attached hydrogen (secondary N) is 1. The van der Waals surface area contributed by atoms with Crippen LogP contribution in [-0.2, 0) is 6.54 Å². The second kappa shape index (κ2) is 6.79. The Labute approximate surface area is 154 Å². The molecule has 4 heteroatoms. The van der Waals surface area contributed by atoms with Crippen LogP contribution < -0.4 is 5.32 Å². The van der Waals surface area contributed by atoms with Crippen molar-refractivity contribution in [3.05, 3.63) is 71.6 Å². The number of hydrogen-bond acceptors (Lipinski definition) is 3. The van der Waals surface area contributed by atoms with Crippen LogP contribution in [0.1, 0.15) is 36.1 Å². The van der Waals surface area contributed by atoms with Crippen LogP contribution >= 0.6 is 0 Å². The van der Waals surface area contributed by atoms with Crippen molar-refractivity contribution in [1.29, 1.82) is 0 Å².